The lowest BCUT2D eigenvalue weighted by atomic mass is 10.1. The molecule has 0 amide bonds. The Bertz CT molecular complexity index is 404. The van der Waals surface area contributed by atoms with Gasteiger partial charge in [-0.15, -0.1) is 0 Å². The molecule has 0 aliphatic rings. The van der Waals surface area contributed by atoms with Gasteiger partial charge in [0.25, 0.3) is 0 Å². The van der Waals surface area contributed by atoms with Gasteiger partial charge in [-0.2, -0.15) is 0 Å². The first kappa shape index (κ1) is 13.5. The Kier molecular flexibility index (Phi) is 4.49. The van der Waals surface area contributed by atoms with Gasteiger partial charge >= 0.3 is 5.97 Å². The van der Waals surface area contributed by atoms with Gasteiger partial charge in [0, 0.05) is 19.3 Å². The van der Waals surface area contributed by atoms with Crippen LogP contribution in [0.1, 0.15) is 36.3 Å². The topological polar surface area (TPSA) is 53.4 Å². The van der Waals surface area contributed by atoms with E-state index in [0.717, 1.165) is 18.7 Å². The van der Waals surface area contributed by atoms with Gasteiger partial charge in [-0.1, -0.05) is 20.3 Å². The highest BCUT2D eigenvalue weighted by Gasteiger charge is 2.16. The van der Waals surface area contributed by atoms with E-state index in [4.69, 9.17) is 5.11 Å². The highest BCUT2D eigenvalue weighted by atomic mass is 16.4. The third-order valence-electron chi connectivity index (χ3n) is 2.89. The maximum Gasteiger partial charge on any atom is 0.339 e. The zero-order valence-corrected chi connectivity index (χ0v) is 10.9. The summed E-state index contributed by atoms with van der Waals surface area (Å²) in [6, 6.07) is 3.34. The number of hydrogen-bond donors (Lipinski definition) is 1. The van der Waals surface area contributed by atoms with Gasteiger partial charge < -0.3 is 10.0 Å². The first-order chi connectivity index (χ1) is 7.95. The molecule has 1 heterocycles. The fourth-order valence-corrected chi connectivity index (χ4v) is 1.68. The molecule has 0 fully saturated rings. The summed E-state index contributed by atoms with van der Waals surface area (Å²) in [7, 11) is 1.89. The Balaban J connectivity index is 3.02. The van der Waals surface area contributed by atoms with Crippen LogP contribution < -0.4 is 4.90 Å². The molecule has 4 nitrogen and oxygen atoms in total. The Hall–Kier alpha value is -1.58. The summed E-state index contributed by atoms with van der Waals surface area (Å²) in [6.07, 6.45) is 1.07. The minimum absolute atomic E-state index is 0.265. The molecule has 1 atom stereocenters. The monoisotopic (exact) mass is 236 g/mol. The molecule has 17 heavy (non-hydrogen) atoms. The first-order valence-electron chi connectivity index (χ1n) is 5.87. The van der Waals surface area contributed by atoms with Crippen molar-refractivity contribution in [1.29, 1.82) is 0 Å². The number of hydrogen-bond acceptors (Lipinski definition) is 3. The van der Waals surface area contributed by atoms with E-state index in [1.165, 1.54) is 0 Å². The third-order valence-corrected chi connectivity index (χ3v) is 2.89. The van der Waals surface area contributed by atoms with E-state index in [9.17, 15) is 4.79 Å². The Morgan fingerprint density at radius 3 is 2.71 bits per heavy atom. The second-order valence-electron chi connectivity index (χ2n) is 4.52. The Labute approximate surface area is 102 Å². The van der Waals surface area contributed by atoms with Crippen LogP contribution in [0.25, 0.3) is 0 Å². The number of pyridine rings is 1. The number of carbonyl (C=O) groups is 1. The van der Waals surface area contributed by atoms with E-state index in [-0.39, 0.29) is 5.56 Å². The molecule has 1 aromatic heterocycles. The molecule has 94 valence electrons. The average Bonchev–Trinajstić information content (AvgIpc) is 2.28. The summed E-state index contributed by atoms with van der Waals surface area (Å²) >= 11 is 0. The second-order valence-corrected chi connectivity index (χ2v) is 4.52. The number of nitrogens with zero attached hydrogens (tertiary/aromatic N) is 2. The van der Waals surface area contributed by atoms with Crippen LogP contribution in [0.4, 0.5) is 5.82 Å². The van der Waals surface area contributed by atoms with Crippen LogP contribution in [0.15, 0.2) is 12.1 Å². The number of aromatic carboxylic acids is 1. The van der Waals surface area contributed by atoms with Crippen molar-refractivity contribution in [2.75, 3.05) is 18.5 Å². The summed E-state index contributed by atoms with van der Waals surface area (Å²) in [5.74, 6) is 0.144. The lowest BCUT2D eigenvalue weighted by Gasteiger charge is -2.23. The molecule has 1 aromatic rings. The molecule has 0 radical (unpaired) electrons. The van der Waals surface area contributed by atoms with Crippen LogP contribution in [0.3, 0.4) is 0 Å². The quantitative estimate of drug-likeness (QED) is 0.853. The lowest BCUT2D eigenvalue weighted by molar-refractivity contribution is 0.0697. The van der Waals surface area contributed by atoms with Crippen molar-refractivity contribution in [2.24, 2.45) is 5.92 Å². The molecular formula is C13H20N2O2. The van der Waals surface area contributed by atoms with Crippen LogP contribution in [0.5, 0.6) is 0 Å². The summed E-state index contributed by atoms with van der Waals surface area (Å²) in [4.78, 5) is 17.4. The third kappa shape index (κ3) is 3.44. The lowest BCUT2D eigenvalue weighted by Crippen LogP contribution is -2.26. The Morgan fingerprint density at radius 1 is 1.53 bits per heavy atom. The van der Waals surface area contributed by atoms with E-state index in [0.29, 0.717) is 11.7 Å². The molecule has 0 aliphatic carbocycles. The molecule has 0 spiro atoms. The maximum atomic E-state index is 11.1. The maximum absolute atomic E-state index is 11.1. The highest BCUT2D eigenvalue weighted by Crippen LogP contribution is 2.19. The van der Waals surface area contributed by atoms with Crippen LogP contribution in [0.2, 0.25) is 0 Å². The van der Waals surface area contributed by atoms with Gasteiger partial charge in [-0.3, -0.25) is 0 Å². The number of anilines is 1. The minimum Gasteiger partial charge on any atom is -0.478 e. The van der Waals surface area contributed by atoms with E-state index < -0.39 is 5.97 Å². The second kappa shape index (κ2) is 5.66. The first-order valence-corrected chi connectivity index (χ1v) is 5.87. The van der Waals surface area contributed by atoms with Crippen molar-refractivity contribution in [2.45, 2.75) is 27.2 Å². The average molecular weight is 236 g/mol. The van der Waals surface area contributed by atoms with E-state index in [2.05, 4.69) is 18.8 Å². The molecule has 1 rings (SSSR count). The van der Waals surface area contributed by atoms with E-state index in [1.807, 2.05) is 18.9 Å². The molecule has 0 aromatic carbocycles. The van der Waals surface area contributed by atoms with Gasteiger partial charge in [0.15, 0.2) is 0 Å². The van der Waals surface area contributed by atoms with Crippen LogP contribution in [-0.4, -0.2) is 29.7 Å². The summed E-state index contributed by atoms with van der Waals surface area (Å²) in [6.45, 7) is 6.95. The number of aromatic nitrogens is 1. The summed E-state index contributed by atoms with van der Waals surface area (Å²) in [5, 5.41) is 9.13. The van der Waals surface area contributed by atoms with Crippen LogP contribution in [0, 0.1) is 12.8 Å². The largest absolute Gasteiger partial charge is 0.478 e. The number of carboxylic acids is 1. The molecule has 0 aliphatic heterocycles. The predicted molar refractivity (Wildman–Crippen MR) is 68.7 cm³/mol. The zero-order valence-electron chi connectivity index (χ0n) is 10.9. The van der Waals surface area contributed by atoms with E-state index in [1.54, 1.807) is 12.1 Å². The molecule has 0 saturated carbocycles. The van der Waals surface area contributed by atoms with Gasteiger partial charge in [0.1, 0.15) is 11.4 Å². The van der Waals surface area contributed by atoms with Gasteiger partial charge in [-0.05, 0) is 25.0 Å². The molecule has 4 heteroatoms. The van der Waals surface area contributed by atoms with Crippen molar-refractivity contribution >= 4 is 11.8 Å². The molecule has 1 unspecified atom stereocenters. The fraction of sp³-hybridized carbons (Fsp3) is 0.538. The smallest absolute Gasteiger partial charge is 0.339 e. The van der Waals surface area contributed by atoms with Crippen LogP contribution >= 0.6 is 0 Å². The molecule has 0 saturated heterocycles. The highest BCUT2D eigenvalue weighted by molar-refractivity contribution is 5.93. The number of carboxylic acid groups (broad SMARTS) is 1. The predicted octanol–water partition coefficient (Wildman–Crippen LogP) is 2.57. The SMILES string of the molecule is CCC(C)CN(C)c1nc(C)ccc1C(=O)O. The number of rotatable bonds is 5. The van der Waals surface area contributed by atoms with Crippen molar-refractivity contribution in [3.05, 3.63) is 23.4 Å². The summed E-state index contributed by atoms with van der Waals surface area (Å²) < 4.78 is 0. The molecule has 0 bridgehead atoms. The van der Waals surface area contributed by atoms with Gasteiger partial charge in [0.05, 0.1) is 0 Å². The van der Waals surface area contributed by atoms with Crippen molar-refractivity contribution in [3.8, 4) is 0 Å². The van der Waals surface area contributed by atoms with Gasteiger partial charge in [-0.25, -0.2) is 9.78 Å². The van der Waals surface area contributed by atoms with Gasteiger partial charge in [0.2, 0.25) is 0 Å². The van der Waals surface area contributed by atoms with Crippen LogP contribution in [-0.2, 0) is 0 Å². The standard InChI is InChI=1S/C13H20N2O2/c1-5-9(2)8-15(4)12-11(13(16)17)7-6-10(3)14-12/h6-7,9H,5,8H2,1-4H3,(H,16,17). The Morgan fingerprint density at radius 2 is 2.18 bits per heavy atom. The zero-order chi connectivity index (χ0) is 13.0. The van der Waals surface area contributed by atoms with E-state index >= 15 is 0 Å². The van der Waals surface area contributed by atoms with Crippen molar-refractivity contribution in [1.82, 2.24) is 4.98 Å². The van der Waals surface area contributed by atoms with Crippen molar-refractivity contribution < 1.29 is 9.90 Å². The molecule has 1 N–H and O–H groups in total. The van der Waals surface area contributed by atoms with Crippen molar-refractivity contribution in [3.63, 3.8) is 0 Å². The fourth-order valence-electron chi connectivity index (χ4n) is 1.68. The number of aryl methyl sites for hydroxylation is 1. The minimum atomic E-state index is -0.927. The normalized spacial score (nSPS) is 12.2. The molecular weight excluding hydrogens is 216 g/mol. The summed E-state index contributed by atoms with van der Waals surface area (Å²) in [5.41, 5.74) is 1.10.